The summed E-state index contributed by atoms with van der Waals surface area (Å²) >= 11 is 6.15. The number of aromatic nitrogens is 1. The van der Waals surface area contributed by atoms with Crippen molar-refractivity contribution < 1.29 is 33.9 Å². The van der Waals surface area contributed by atoms with Gasteiger partial charge in [-0.1, -0.05) is 67.6 Å². The van der Waals surface area contributed by atoms with Crippen molar-refractivity contribution in [2.45, 2.75) is 125 Å². The van der Waals surface area contributed by atoms with Crippen LogP contribution in [-0.4, -0.2) is 110 Å². The second-order valence-corrected chi connectivity index (χ2v) is 17.2. The Morgan fingerprint density at radius 2 is 1.45 bits per heavy atom. The maximum absolute atomic E-state index is 14.8. The van der Waals surface area contributed by atoms with Crippen molar-refractivity contribution >= 4 is 57.9 Å². The Bertz CT molecular complexity index is 2070. The molecule has 1 spiro atoms. The smallest absolute Gasteiger partial charge is 0.248 e. The van der Waals surface area contributed by atoms with Gasteiger partial charge >= 0.3 is 0 Å². The monoisotopic (exact) mass is 813 g/mol. The van der Waals surface area contributed by atoms with Crippen LogP contribution in [0.25, 0.3) is 10.9 Å². The predicted octanol–water partition coefficient (Wildman–Crippen LogP) is 2.65. The topological polar surface area (TPSA) is 193 Å². The second kappa shape index (κ2) is 16.7. The first-order valence-electron chi connectivity index (χ1n) is 20.8. The van der Waals surface area contributed by atoms with Gasteiger partial charge in [0.1, 0.15) is 35.7 Å². The second-order valence-electron chi connectivity index (χ2n) is 16.8. The van der Waals surface area contributed by atoms with Gasteiger partial charge in [0, 0.05) is 47.6 Å². The number of benzene rings is 2. The van der Waals surface area contributed by atoms with Crippen LogP contribution in [-0.2, 0) is 41.6 Å². The van der Waals surface area contributed by atoms with Gasteiger partial charge in [0.15, 0.2) is 0 Å². The summed E-state index contributed by atoms with van der Waals surface area (Å²) in [7, 11) is 0. The number of hydrogen-bond donors (Lipinski definition) is 6. The van der Waals surface area contributed by atoms with Crippen molar-refractivity contribution in [1.82, 2.24) is 36.1 Å². The highest BCUT2D eigenvalue weighted by Gasteiger charge is 2.52. The highest BCUT2D eigenvalue weighted by atomic mass is 35.5. The average Bonchev–Trinajstić information content (AvgIpc) is 4.06. The Balaban J connectivity index is 1.19. The maximum Gasteiger partial charge on any atom is 0.248 e. The number of rotatable bonds is 5. The van der Waals surface area contributed by atoms with Crippen LogP contribution in [0.3, 0.4) is 0 Å². The number of aliphatic hydroxyl groups excluding tert-OH is 1. The number of H-pyrrole nitrogens is 1. The van der Waals surface area contributed by atoms with E-state index in [-0.39, 0.29) is 37.3 Å². The van der Waals surface area contributed by atoms with Crippen LogP contribution in [0.2, 0.25) is 5.02 Å². The number of fused-ring (bicyclic) bond motifs is 5. The van der Waals surface area contributed by atoms with Gasteiger partial charge in [0.2, 0.25) is 35.4 Å². The van der Waals surface area contributed by atoms with Crippen molar-refractivity contribution in [3.8, 4) is 0 Å². The minimum Gasteiger partial charge on any atom is -0.394 e. The van der Waals surface area contributed by atoms with Gasteiger partial charge in [-0.25, -0.2) is 0 Å². The minimum atomic E-state index is -1.40. The zero-order chi connectivity index (χ0) is 40.6. The average molecular weight is 814 g/mol. The molecule has 0 bridgehead atoms. The number of amides is 6. The summed E-state index contributed by atoms with van der Waals surface area (Å²) in [6.45, 7) is -0.498. The normalized spacial score (nSPS) is 29.6. The lowest BCUT2D eigenvalue weighted by molar-refractivity contribution is -0.150. The fourth-order valence-corrected chi connectivity index (χ4v) is 10.3. The van der Waals surface area contributed by atoms with E-state index in [0.717, 1.165) is 42.1 Å². The van der Waals surface area contributed by atoms with Crippen LogP contribution in [0.4, 0.5) is 0 Å². The number of halogens is 1. The number of carbonyl (C=O) groups excluding carboxylic acids is 6. The SMILES string of the molecule is O=C1NC2(CCCC2)C(=O)N[C@@H](Cc2ccc(Cl)cc2)C(=O)N[C@@H](CO)C(=O)N2CCC[C@@H]2C(=O)N2[C@H](C[C@H]3CCCC[C@H]32)C(=O)N[C@H]1Cc1c[nH]c2ccccc12. The van der Waals surface area contributed by atoms with Gasteiger partial charge in [-0.3, -0.25) is 28.8 Å². The number of nitrogens with one attached hydrogen (secondary N) is 5. The molecule has 8 rings (SSSR count). The fraction of sp³-hybridized carbons (Fsp3) is 0.535. The first-order valence-corrected chi connectivity index (χ1v) is 21.2. The molecule has 5 aliphatic rings. The van der Waals surface area contributed by atoms with E-state index in [1.807, 2.05) is 30.5 Å². The minimum absolute atomic E-state index is 0.0219. The molecule has 4 heterocycles. The lowest BCUT2D eigenvalue weighted by Gasteiger charge is -2.38. The summed E-state index contributed by atoms with van der Waals surface area (Å²) in [4.78, 5) is 93.5. The highest BCUT2D eigenvalue weighted by Crippen LogP contribution is 2.41. The molecule has 2 aliphatic carbocycles. The fourth-order valence-electron chi connectivity index (χ4n) is 10.2. The van der Waals surface area contributed by atoms with Crippen LogP contribution in [0, 0.1) is 5.92 Å². The van der Waals surface area contributed by atoms with Crippen molar-refractivity contribution in [3.05, 3.63) is 70.9 Å². The van der Waals surface area contributed by atoms with E-state index in [1.165, 1.54) is 4.90 Å². The molecule has 0 radical (unpaired) electrons. The molecule has 1 aromatic heterocycles. The van der Waals surface area contributed by atoms with Crippen LogP contribution in [0.1, 0.15) is 81.8 Å². The van der Waals surface area contributed by atoms with Crippen LogP contribution >= 0.6 is 11.6 Å². The highest BCUT2D eigenvalue weighted by molar-refractivity contribution is 6.30. The summed E-state index contributed by atoms with van der Waals surface area (Å²) in [5, 5.41) is 23.6. The van der Waals surface area contributed by atoms with Gasteiger partial charge in [-0.05, 0) is 80.2 Å². The Morgan fingerprint density at radius 3 is 2.22 bits per heavy atom. The summed E-state index contributed by atoms with van der Waals surface area (Å²) in [5.74, 6) is -3.11. The molecule has 14 nitrogen and oxygen atoms in total. The van der Waals surface area contributed by atoms with Crippen molar-refractivity contribution in [3.63, 3.8) is 0 Å². The summed E-state index contributed by atoms with van der Waals surface area (Å²) in [5.41, 5.74) is 0.950. The molecule has 58 heavy (non-hydrogen) atoms. The number of nitrogens with zero attached hydrogens (tertiary/aromatic N) is 2. The molecular formula is C43H52ClN7O7. The molecule has 3 saturated heterocycles. The van der Waals surface area contributed by atoms with E-state index in [1.54, 1.807) is 29.2 Å². The van der Waals surface area contributed by atoms with E-state index in [0.29, 0.717) is 55.5 Å². The number of para-hydroxylation sites is 1. The van der Waals surface area contributed by atoms with E-state index in [9.17, 15) is 33.9 Å². The number of hydrogen-bond acceptors (Lipinski definition) is 7. The van der Waals surface area contributed by atoms with Crippen LogP contribution in [0.15, 0.2) is 54.7 Å². The molecule has 2 aromatic carbocycles. The van der Waals surface area contributed by atoms with Gasteiger partial charge in [-0.2, -0.15) is 0 Å². The van der Waals surface area contributed by atoms with Crippen LogP contribution < -0.4 is 21.3 Å². The molecular weight excluding hydrogens is 762 g/mol. The van der Waals surface area contributed by atoms with Crippen molar-refractivity contribution in [1.29, 1.82) is 0 Å². The number of aromatic amines is 1. The summed E-state index contributed by atoms with van der Waals surface area (Å²) in [6.07, 6.45) is 8.62. The van der Waals surface area contributed by atoms with E-state index >= 15 is 0 Å². The number of aliphatic hydroxyl groups is 1. The van der Waals surface area contributed by atoms with Gasteiger partial charge < -0.3 is 41.2 Å². The van der Waals surface area contributed by atoms with Gasteiger partial charge in [0.25, 0.3) is 0 Å². The molecule has 5 fully saturated rings. The Kier molecular flexibility index (Phi) is 11.5. The largest absolute Gasteiger partial charge is 0.394 e. The zero-order valence-electron chi connectivity index (χ0n) is 32.5. The Hall–Kier alpha value is -4.95. The maximum atomic E-state index is 14.8. The zero-order valence-corrected chi connectivity index (χ0v) is 33.3. The molecule has 7 atom stereocenters. The summed E-state index contributed by atoms with van der Waals surface area (Å²) in [6, 6.07) is 8.80. The molecule has 3 aromatic rings. The third-order valence-electron chi connectivity index (χ3n) is 13.2. The lowest BCUT2D eigenvalue weighted by atomic mass is 9.84. The first-order chi connectivity index (χ1) is 28.0. The standard InChI is InChI=1S/C43H52ClN7O7/c44-28-15-13-25(14-16-28)20-31-37(53)47-33(24-52)40(56)50-19-7-12-35(50)41(57)51-34-11-4-1-8-26(34)22-36(51)39(55)46-32(21-27-23-45-30-10-3-2-9-29(27)30)38(54)49-43(42(58)48-31)17-5-6-18-43/h2-3,9-10,13-16,23,26,31-36,45,52H,1,4-8,11-12,17-22,24H2,(H,46,55)(H,47,53)(H,48,58)(H,49,54)/t26-,31+,32+,33+,34-,35-,36-/m1/s1. The summed E-state index contributed by atoms with van der Waals surface area (Å²) < 4.78 is 0. The van der Waals surface area contributed by atoms with Crippen molar-refractivity contribution in [2.75, 3.05) is 13.2 Å². The van der Waals surface area contributed by atoms with E-state index in [2.05, 4.69) is 26.3 Å². The molecule has 6 N–H and O–H groups in total. The molecule has 0 unspecified atom stereocenters. The van der Waals surface area contributed by atoms with E-state index in [4.69, 9.17) is 11.6 Å². The predicted molar refractivity (Wildman–Crippen MR) is 215 cm³/mol. The Morgan fingerprint density at radius 1 is 0.724 bits per heavy atom. The molecule has 3 aliphatic heterocycles. The van der Waals surface area contributed by atoms with Gasteiger partial charge in [-0.15, -0.1) is 0 Å². The number of carbonyl (C=O) groups is 6. The lowest BCUT2D eigenvalue weighted by Crippen LogP contribution is -2.65. The molecule has 15 heteroatoms. The van der Waals surface area contributed by atoms with Gasteiger partial charge in [0.05, 0.1) is 6.61 Å². The van der Waals surface area contributed by atoms with E-state index < -0.39 is 71.9 Å². The molecule has 2 saturated carbocycles. The third-order valence-corrected chi connectivity index (χ3v) is 13.5. The molecule has 308 valence electrons. The van der Waals surface area contributed by atoms with Crippen LogP contribution in [0.5, 0.6) is 0 Å². The molecule has 6 amide bonds. The quantitative estimate of drug-likeness (QED) is 0.228. The third kappa shape index (κ3) is 7.80. The Labute approximate surface area is 342 Å². The first kappa shape index (κ1) is 39.9. The van der Waals surface area contributed by atoms with Crippen molar-refractivity contribution in [2.24, 2.45) is 5.92 Å².